The number of anilines is 1. The number of methoxy groups -OCH3 is 1. The molecule has 0 unspecified atom stereocenters. The van der Waals surface area contributed by atoms with Crippen LogP contribution in [0.2, 0.25) is 5.02 Å². The highest BCUT2D eigenvalue weighted by Crippen LogP contribution is 2.24. The molecule has 0 aliphatic heterocycles. The Kier molecular flexibility index (Phi) is 4.27. The SMILES string of the molecule is COc1ccc(Cl)cc1CNc1ccc(C)nc1C. The monoisotopic (exact) mass is 276 g/mol. The maximum Gasteiger partial charge on any atom is 0.123 e. The van der Waals surface area contributed by atoms with E-state index >= 15 is 0 Å². The normalized spacial score (nSPS) is 10.3. The number of pyridine rings is 1. The number of aryl methyl sites for hydroxylation is 2. The minimum Gasteiger partial charge on any atom is -0.496 e. The summed E-state index contributed by atoms with van der Waals surface area (Å²) in [5, 5.41) is 4.06. The van der Waals surface area contributed by atoms with Crippen molar-refractivity contribution in [2.75, 3.05) is 12.4 Å². The summed E-state index contributed by atoms with van der Waals surface area (Å²) >= 11 is 6.01. The van der Waals surface area contributed by atoms with E-state index in [0.29, 0.717) is 11.6 Å². The Morgan fingerprint density at radius 2 is 2.00 bits per heavy atom. The van der Waals surface area contributed by atoms with E-state index in [4.69, 9.17) is 16.3 Å². The molecule has 4 heteroatoms. The van der Waals surface area contributed by atoms with E-state index in [9.17, 15) is 0 Å². The third-order valence-electron chi connectivity index (χ3n) is 2.94. The van der Waals surface area contributed by atoms with Gasteiger partial charge < -0.3 is 10.1 Å². The number of nitrogens with one attached hydrogen (secondary N) is 1. The summed E-state index contributed by atoms with van der Waals surface area (Å²) in [5.41, 5.74) is 4.05. The highest BCUT2D eigenvalue weighted by Gasteiger charge is 2.05. The lowest BCUT2D eigenvalue weighted by molar-refractivity contribution is 0.410. The van der Waals surface area contributed by atoms with Crippen LogP contribution in [0, 0.1) is 13.8 Å². The fourth-order valence-electron chi connectivity index (χ4n) is 1.95. The molecular formula is C15H17ClN2O. The fourth-order valence-corrected chi connectivity index (χ4v) is 2.14. The summed E-state index contributed by atoms with van der Waals surface area (Å²) in [6, 6.07) is 9.63. The number of hydrogen-bond donors (Lipinski definition) is 1. The molecule has 0 aliphatic rings. The van der Waals surface area contributed by atoms with E-state index in [2.05, 4.69) is 10.3 Å². The Labute approximate surface area is 118 Å². The maximum absolute atomic E-state index is 6.01. The van der Waals surface area contributed by atoms with Crippen molar-refractivity contribution in [3.63, 3.8) is 0 Å². The summed E-state index contributed by atoms with van der Waals surface area (Å²) in [6.07, 6.45) is 0. The van der Waals surface area contributed by atoms with Gasteiger partial charge in [0.1, 0.15) is 5.75 Å². The first-order valence-electron chi connectivity index (χ1n) is 6.10. The van der Waals surface area contributed by atoms with Crippen LogP contribution in [0.1, 0.15) is 17.0 Å². The van der Waals surface area contributed by atoms with Crippen molar-refractivity contribution in [1.29, 1.82) is 0 Å². The van der Waals surface area contributed by atoms with E-state index in [1.54, 1.807) is 7.11 Å². The molecule has 1 heterocycles. The quantitative estimate of drug-likeness (QED) is 0.917. The zero-order valence-electron chi connectivity index (χ0n) is 11.3. The number of halogens is 1. The van der Waals surface area contributed by atoms with E-state index < -0.39 is 0 Å². The number of aromatic nitrogens is 1. The maximum atomic E-state index is 6.01. The molecule has 2 rings (SSSR count). The Morgan fingerprint density at radius 3 is 2.68 bits per heavy atom. The molecule has 0 amide bonds. The van der Waals surface area contributed by atoms with Crippen LogP contribution in [0.3, 0.4) is 0 Å². The van der Waals surface area contributed by atoms with Crippen LogP contribution in [0.25, 0.3) is 0 Å². The van der Waals surface area contributed by atoms with Gasteiger partial charge in [-0.15, -0.1) is 0 Å². The second-order valence-electron chi connectivity index (χ2n) is 4.40. The lowest BCUT2D eigenvalue weighted by Gasteiger charge is -2.12. The Morgan fingerprint density at radius 1 is 1.21 bits per heavy atom. The van der Waals surface area contributed by atoms with Crippen molar-refractivity contribution in [3.05, 3.63) is 52.3 Å². The number of rotatable bonds is 4. The smallest absolute Gasteiger partial charge is 0.123 e. The molecule has 0 atom stereocenters. The summed E-state index contributed by atoms with van der Waals surface area (Å²) in [7, 11) is 1.66. The van der Waals surface area contributed by atoms with Gasteiger partial charge in [0.2, 0.25) is 0 Å². The summed E-state index contributed by atoms with van der Waals surface area (Å²) in [5.74, 6) is 0.828. The van der Waals surface area contributed by atoms with Crippen molar-refractivity contribution in [2.45, 2.75) is 20.4 Å². The topological polar surface area (TPSA) is 34.1 Å². The standard InChI is InChI=1S/C15H17ClN2O/c1-10-4-6-14(11(2)18-10)17-9-12-8-13(16)5-7-15(12)19-3/h4-8,17H,9H2,1-3H3. The lowest BCUT2D eigenvalue weighted by Crippen LogP contribution is -2.04. The lowest BCUT2D eigenvalue weighted by atomic mass is 10.2. The number of hydrogen-bond acceptors (Lipinski definition) is 3. The average molecular weight is 277 g/mol. The molecule has 19 heavy (non-hydrogen) atoms. The molecule has 0 radical (unpaired) electrons. The Bertz CT molecular complexity index is 584. The van der Waals surface area contributed by atoms with Crippen molar-refractivity contribution in [3.8, 4) is 5.75 Å². The predicted octanol–water partition coefficient (Wildman–Crippen LogP) is 3.97. The number of benzene rings is 1. The molecule has 0 spiro atoms. The van der Waals surface area contributed by atoms with Crippen LogP contribution < -0.4 is 10.1 Å². The van der Waals surface area contributed by atoms with Gasteiger partial charge in [-0.1, -0.05) is 11.6 Å². The fraction of sp³-hybridized carbons (Fsp3) is 0.267. The molecule has 2 aromatic rings. The van der Waals surface area contributed by atoms with Crippen LogP contribution in [-0.2, 0) is 6.54 Å². The first-order chi connectivity index (χ1) is 9.10. The van der Waals surface area contributed by atoms with Gasteiger partial charge in [-0.3, -0.25) is 4.98 Å². The van der Waals surface area contributed by atoms with Gasteiger partial charge in [0, 0.05) is 22.8 Å². The average Bonchev–Trinajstić information content (AvgIpc) is 2.38. The second-order valence-corrected chi connectivity index (χ2v) is 4.83. The molecule has 100 valence electrons. The van der Waals surface area contributed by atoms with Gasteiger partial charge in [-0.2, -0.15) is 0 Å². The van der Waals surface area contributed by atoms with Crippen molar-refractivity contribution >= 4 is 17.3 Å². The van der Waals surface area contributed by atoms with Crippen LogP contribution in [0.4, 0.5) is 5.69 Å². The minimum absolute atomic E-state index is 0.648. The highest BCUT2D eigenvalue weighted by atomic mass is 35.5. The third-order valence-corrected chi connectivity index (χ3v) is 3.17. The number of ether oxygens (including phenoxy) is 1. The van der Waals surface area contributed by atoms with Gasteiger partial charge in [0.15, 0.2) is 0 Å². The van der Waals surface area contributed by atoms with Gasteiger partial charge in [-0.05, 0) is 44.2 Å². The second kappa shape index (κ2) is 5.93. The highest BCUT2D eigenvalue weighted by molar-refractivity contribution is 6.30. The van der Waals surface area contributed by atoms with E-state index in [1.807, 2.05) is 44.2 Å². The van der Waals surface area contributed by atoms with Crippen molar-refractivity contribution < 1.29 is 4.74 Å². The van der Waals surface area contributed by atoms with E-state index in [1.165, 1.54) is 0 Å². The molecule has 0 aliphatic carbocycles. The van der Waals surface area contributed by atoms with Crippen LogP contribution in [0.15, 0.2) is 30.3 Å². The molecule has 0 saturated carbocycles. The van der Waals surface area contributed by atoms with Crippen LogP contribution >= 0.6 is 11.6 Å². The summed E-state index contributed by atoms with van der Waals surface area (Å²) in [4.78, 5) is 4.43. The van der Waals surface area contributed by atoms with Gasteiger partial charge in [0.25, 0.3) is 0 Å². The Hall–Kier alpha value is -1.74. The molecule has 1 N–H and O–H groups in total. The van der Waals surface area contributed by atoms with E-state index in [0.717, 1.165) is 28.4 Å². The molecule has 0 bridgehead atoms. The van der Waals surface area contributed by atoms with Crippen molar-refractivity contribution in [2.24, 2.45) is 0 Å². The minimum atomic E-state index is 0.648. The molecule has 0 saturated heterocycles. The van der Waals surface area contributed by atoms with Gasteiger partial charge in [-0.25, -0.2) is 0 Å². The number of nitrogens with zero attached hydrogens (tertiary/aromatic N) is 1. The van der Waals surface area contributed by atoms with Gasteiger partial charge >= 0.3 is 0 Å². The Balaban J connectivity index is 2.16. The molecule has 3 nitrogen and oxygen atoms in total. The first-order valence-corrected chi connectivity index (χ1v) is 6.48. The predicted molar refractivity (Wildman–Crippen MR) is 79.0 cm³/mol. The van der Waals surface area contributed by atoms with Crippen molar-refractivity contribution in [1.82, 2.24) is 4.98 Å². The summed E-state index contributed by atoms with van der Waals surface area (Å²) < 4.78 is 5.32. The van der Waals surface area contributed by atoms with Crippen LogP contribution in [0.5, 0.6) is 5.75 Å². The van der Waals surface area contributed by atoms with E-state index in [-0.39, 0.29) is 0 Å². The molecular weight excluding hydrogens is 260 g/mol. The zero-order chi connectivity index (χ0) is 13.8. The molecule has 1 aromatic heterocycles. The third kappa shape index (κ3) is 3.38. The molecule has 1 aromatic carbocycles. The molecule has 0 fully saturated rings. The van der Waals surface area contributed by atoms with Gasteiger partial charge in [0.05, 0.1) is 18.5 Å². The van der Waals surface area contributed by atoms with Crippen LogP contribution in [-0.4, -0.2) is 12.1 Å². The zero-order valence-corrected chi connectivity index (χ0v) is 12.1. The largest absolute Gasteiger partial charge is 0.496 e. The summed E-state index contributed by atoms with van der Waals surface area (Å²) in [6.45, 7) is 4.62. The first kappa shape index (κ1) is 13.7.